The van der Waals surface area contributed by atoms with Crippen molar-refractivity contribution < 1.29 is 8.42 Å². The van der Waals surface area contributed by atoms with Crippen LogP contribution < -0.4 is 10.0 Å². The van der Waals surface area contributed by atoms with Gasteiger partial charge in [0, 0.05) is 6.54 Å². The first-order valence-electron chi connectivity index (χ1n) is 5.49. The van der Waals surface area contributed by atoms with Crippen LogP contribution in [0.5, 0.6) is 0 Å². The van der Waals surface area contributed by atoms with E-state index in [-0.39, 0.29) is 0 Å². The highest BCUT2D eigenvalue weighted by atomic mass is 32.2. The maximum atomic E-state index is 10.9. The summed E-state index contributed by atoms with van der Waals surface area (Å²) in [7, 11) is -3.22. The molecule has 0 atom stereocenters. The molecule has 1 aliphatic rings. The summed E-state index contributed by atoms with van der Waals surface area (Å²) in [5.74, 6) is 0.342. The topological polar surface area (TPSA) is 73.8 Å². The van der Waals surface area contributed by atoms with Gasteiger partial charge in [-0.3, -0.25) is 9.62 Å². The van der Waals surface area contributed by atoms with Gasteiger partial charge in [0.2, 0.25) is 16.0 Å². The molecule has 0 bridgehead atoms. The molecule has 0 aliphatic carbocycles. The summed E-state index contributed by atoms with van der Waals surface area (Å²) in [6.45, 7) is 4.36. The molecule has 0 saturated carbocycles. The van der Waals surface area contributed by atoms with Gasteiger partial charge in [-0.05, 0) is 6.42 Å². The normalized spacial score (nSPS) is 17.8. The third kappa shape index (κ3) is 5.32. The second-order valence-electron chi connectivity index (χ2n) is 3.96. The third-order valence-electron chi connectivity index (χ3n) is 2.26. The van der Waals surface area contributed by atoms with Crippen LogP contribution in [0.4, 0.5) is 0 Å². The number of rotatable bonds is 5. The average molecular weight is 248 g/mol. The fourth-order valence-electron chi connectivity index (χ4n) is 1.44. The van der Waals surface area contributed by atoms with Crippen LogP contribution in [0.3, 0.4) is 0 Å². The molecule has 0 saturated heterocycles. The van der Waals surface area contributed by atoms with Gasteiger partial charge in [0.15, 0.2) is 0 Å². The SMILES string of the molecule is CCCCCN1CN=C(NS(C)(=O)=O)NC1. The molecule has 0 aromatic rings. The van der Waals surface area contributed by atoms with E-state index in [2.05, 4.69) is 26.9 Å². The molecular weight excluding hydrogens is 228 g/mol. The van der Waals surface area contributed by atoms with Crippen molar-refractivity contribution in [2.75, 3.05) is 26.1 Å². The number of aliphatic imine (C=N–C) groups is 1. The highest BCUT2D eigenvalue weighted by Gasteiger charge is 2.13. The van der Waals surface area contributed by atoms with Crippen molar-refractivity contribution in [2.24, 2.45) is 4.99 Å². The largest absolute Gasteiger partial charge is 0.343 e. The van der Waals surface area contributed by atoms with Gasteiger partial charge in [0.25, 0.3) is 0 Å². The summed E-state index contributed by atoms with van der Waals surface area (Å²) < 4.78 is 24.2. The minimum atomic E-state index is -3.22. The Morgan fingerprint density at radius 2 is 2.25 bits per heavy atom. The van der Waals surface area contributed by atoms with E-state index in [9.17, 15) is 8.42 Å². The Labute approximate surface area is 97.2 Å². The minimum absolute atomic E-state index is 0.342. The van der Waals surface area contributed by atoms with Crippen LogP contribution in [0.1, 0.15) is 26.2 Å². The zero-order valence-electron chi connectivity index (χ0n) is 9.86. The fraction of sp³-hybridized carbons (Fsp3) is 0.889. The second kappa shape index (κ2) is 6.05. The monoisotopic (exact) mass is 248 g/mol. The summed E-state index contributed by atoms with van der Waals surface area (Å²) in [6.07, 6.45) is 4.69. The van der Waals surface area contributed by atoms with Crippen LogP contribution in [0, 0.1) is 0 Å². The molecule has 2 N–H and O–H groups in total. The number of nitrogens with one attached hydrogen (secondary N) is 2. The van der Waals surface area contributed by atoms with Gasteiger partial charge < -0.3 is 5.32 Å². The van der Waals surface area contributed by atoms with Crippen LogP contribution in [-0.4, -0.2) is 45.4 Å². The minimum Gasteiger partial charge on any atom is -0.343 e. The summed E-state index contributed by atoms with van der Waals surface area (Å²) in [5.41, 5.74) is 0. The van der Waals surface area contributed by atoms with Crippen molar-refractivity contribution in [3.8, 4) is 0 Å². The number of guanidine groups is 1. The Kier molecular flexibility index (Phi) is 5.01. The third-order valence-corrected chi connectivity index (χ3v) is 2.82. The molecule has 0 fully saturated rings. The first kappa shape index (κ1) is 13.2. The molecule has 0 spiro atoms. The van der Waals surface area contributed by atoms with E-state index in [1.165, 1.54) is 12.8 Å². The van der Waals surface area contributed by atoms with Crippen LogP contribution >= 0.6 is 0 Å². The van der Waals surface area contributed by atoms with E-state index in [0.717, 1.165) is 19.2 Å². The molecule has 6 nitrogen and oxygen atoms in total. The first-order chi connectivity index (χ1) is 7.51. The van der Waals surface area contributed by atoms with Crippen LogP contribution in [0.25, 0.3) is 0 Å². The maximum Gasteiger partial charge on any atom is 0.232 e. The molecular formula is C9H20N4O2S. The molecule has 0 radical (unpaired) electrons. The lowest BCUT2D eigenvalue weighted by Gasteiger charge is -2.26. The number of hydrogen-bond donors (Lipinski definition) is 2. The highest BCUT2D eigenvalue weighted by Crippen LogP contribution is 1.99. The van der Waals surface area contributed by atoms with Crippen molar-refractivity contribution in [1.82, 2.24) is 14.9 Å². The summed E-state index contributed by atoms with van der Waals surface area (Å²) in [6, 6.07) is 0. The molecule has 0 unspecified atom stereocenters. The average Bonchev–Trinajstić information content (AvgIpc) is 2.19. The van der Waals surface area contributed by atoms with Crippen molar-refractivity contribution in [3.63, 3.8) is 0 Å². The van der Waals surface area contributed by atoms with Crippen LogP contribution in [0.2, 0.25) is 0 Å². The van der Waals surface area contributed by atoms with Crippen LogP contribution in [0.15, 0.2) is 4.99 Å². The lowest BCUT2D eigenvalue weighted by molar-refractivity contribution is 0.258. The van der Waals surface area contributed by atoms with E-state index >= 15 is 0 Å². The highest BCUT2D eigenvalue weighted by molar-refractivity contribution is 7.89. The lowest BCUT2D eigenvalue weighted by atomic mass is 10.2. The molecule has 7 heteroatoms. The Hall–Kier alpha value is -0.820. The molecule has 0 amide bonds. The fourth-order valence-corrected chi connectivity index (χ4v) is 1.93. The lowest BCUT2D eigenvalue weighted by Crippen LogP contribution is -2.50. The van der Waals surface area contributed by atoms with Gasteiger partial charge >= 0.3 is 0 Å². The van der Waals surface area contributed by atoms with E-state index < -0.39 is 10.0 Å². The molecule has 0 aromatic heterocycles. The smallest absolute Gasteiger partial charge is 0.232 e. The Morgan fingerprint density at radius 1 is 1.50 bits per heavy atom. The van der Waals surface area contributed by atoms with Crippen molar-refractivity contribution in [2.45, 2.75) is 26.2 Å². The maximum absolute atomic E-state index is 10.9. The van der Waals surface area contributed by atoms with E-state index in [1.807, 2.05) is 0 Å². The van der Waals surface area contributed by atoms with Gasteiger partial charge in [-0.2, -0.15) is 0 Å². The van der Waals surface area contributed by atoms with Gasteiger partial charge in [-0.1, -0.05) is 19.8 Å². The van der Waals surface area contributed by atoms with Crippen molar-refractivity contribution in [3.05, 3.63) is 0 Å². The van der Waals surface area contributed by atoms with E-state index in [0.29, 0.717) is 19.3 Å². The van der Waals surface area contributed by atoms with Crippen molar-refractivity contribution >= 4 is 16.0 Å². The van der Waals surface area contributed by atoms with Gasteiger partial charge in [0.1, 0.15) is 0 Å². The number of hydrogen-bond acceptors (Lipinski definition) is 5. The van der Waals surface area contributed by atoms with E-state index in [1.54, 1.807) is 0 Å². The predicted molar refractivity (Wildman–Crippen MR) is 64.5 cm³/mol. The number of unbranched alkanes of at least 4 members (excludes halogenated alkanes) is 2. The number of nitrogens with zero attached hydrogens (tertiary/aromatic N) is 2. The first-order valence-corrected chi connectivity index (χ1v) is 7.39. The standard InChI is InChI=1S/C9H20N4O2S/c1-3-4-5-6-13-7-10-9(11-8-13)12-16(2,14)15/h3-8H2,1-2H3,(H2,10,11,12). The quantitative estimate of drug-likeness (QED) is 0.666. The van der Waals surface area contributed by atoms with Gasteiger partial charge in [0.05, 0.1) is 19.6 Å². The predicted octanol–water partition coefficient (Wildman–Crippen LogP) is -0.0980. The Bertz CT molecular complexity index is 339. The van der Waals surface area contributed by atoms with Crippen LogP contribution in [-0.2, 0) is 10.0 Å². The Morgan fingerprint density at radius 3 is 2.75 bits per heavy atom. The molecule has 1 aliphatic heterocycles. The summed E-state index contributed by atoms with van der Waals surface area (Å²) in [5, 5.41) is 2.94. The van der Waals surface area contributed by atoms with E-state index in [4.69, 9.17) is 0 Å². The molecule has 0 aromatic carbocycles. The zero-order chi connectivity index (χ0) is 12.0. The number of sulfonamides is 1. The zero-order valence-corrected chi connectivity index (χ0v) is 10.7. The Balaban J connectivity index is 2.31. The van der Waals surface area contributed by atoms with Gasteiger partial charge in [-0.15, -0.1) is 0 Å². The molecule has 94 valence electrons. The second-order valence-corrected chi connectivity index (χ2v) is 5.71. The molecule has 1 rings (SSSR count). The molecule has 16 heavy (non-hydrogen) atoms. The van der Waals surface area contributed by atoms with Crippen molar-refractivity contribution in [1.29, 1.82) is 0 Å². The van der Waals surface area contributed by atoms with Gasteiger partial charge in [-0.25, -0.2) is 13.4 Å². The molecule has 1 heterocycles. The summed E-state index contributed by atoms with van der Waals surface area (Å²) >= 11 is 0. The summed E-state index contributed by atoms with van der Waals surface area (Å²) in [4.78, 5) is 6.26.